The Morgan fingerprint density at radius 2 is 1.30 bits per heavy atom. The molecule has 0 aliphatic heterocycles. The molecule has 0 bridgehead atoms. The maximum absolute atomic E-state index is 11.8. The number of hydrogen-bond acceptors (Lipinski definition) is 5. The van der Waals surface area contributed by atoms with E-state index in [0.29, 0.717) is 5.75 Å². The molecule has 0 aromatic heterocycles. The summed E-state index contributed by atoms with van der Waals surface area (Å²) in [5.41, 5.74) is 2.60. The largest absolute Gasteiger partial charge is 0.514 e. The molecule has 0 amide bonds. The molecule has 154 valence electrons. The van der Waals surface area contributed by atoms with E-state index in [2.05, 4.69) is 18.6 Å². The summed E-state index contributed by atoms with van der Waals surface area (Å²) in [6.07, 6.45) is -2.10. The van der Waals surface area contributed by atoms with Crippen molar-refractivity contribution in [3.63, 3.8) is 0 Å². The number of rotatable bonds is 6. The summed E-state index contributed by atoms with van der Waals surface area (Å²) in [6, 6.07) is 23.4. The monoisotopic (exact) mass is 406 g/mol. The van der Waals surface area contributed by atoms with E-state index >= 15 is 0 Å². The maximum atomic E-state index is 11.8. The average Bonchev–Trinajstić information content (AvgIpc) is 2.73. The molecular formula is C24H22O6. The Morgan fingerprint density at radius 3 is 1.87 bits per heavy atom. The molecule has 0 unspecified atom stereocenters. The van der Waals surface area contributed by atoms with E-state index in [9.17, 15) is 9.59 Å². The summed E-state index contributed by atoms with van der Waals surface area (Å²) < 4.78 is 14.9. The van der Waals surface area contributed by atoms with Gasteiger partial charge in [-0.3, -0.25) is 0 Å². The third kappa shape index (κ3) is 5.38. The molecular weight excluding hydrogens is 384 g/mol. The highest BCUT2D eigenvalue weighted by atomic mass is 16.7. The third-order valence-corrected chi connectivity index (χ3v) is 4.76. The Kier molecular flexibility index (Phi) is 6.37. The van der Waals surface area contributed by atoms with Crippen LogP contribution < -0.4 is 9.47 Å². The van der Waals surface area contributed by atoms with E-state index in [1.807, 2.05) is 42.5 Å². The van der Waals surface area contributed by atoms with Crippen molar-refractivity contribution in [1.29, 1.82) is 0 Å². The number of carboxylic acid groups (broad SMARTS) is 1. The van der Waals surface area contributed by atoms with Crippen LogP contribution in [0, 0.1) is 0 Å². The Hall–Kier alpha value is -3.80. The second-order valence-corrected chi connectivity index (χ2v) is 7.17. The van der Waals surface area contributed by atoms with E-state index in [0.717, 1.165) is 16.7 Å². The van der Waals surface area contributed by atoms with Crippen molar-refractivity contribution in [1.82, 2.24) is 0 Å². The van der Waals surface area contributed by atoms with E-state index in [-0.39, 0.29) is 17.8 Å². The van der Waals surface area contributed by atoms with Gasteiger partial charge in [0.25, 0.3) is 0 Å². The van der Waals surface area contributed by atoms with Gasteiger partial charge in [0.15, 0.2) is 0 Å². The van der Waals surface area contributed by atoms with Gasteiger partial charge in [0.2, 0.25) is 0 Å². The van der Waals surface area contributed by atoms with Crippen LogP contribution in [0.3, 0.4) is 0 Å². The Bertz CT molecular complexity index is 992. The van der Waals surface area contributed by atoms with Gasteiger partial charge in [-0.2, -0.15) is 0 Å². The SMILES string of the molecule is CC(C)(c1ccc(COC(=O)Oc2ccccc2)cc1)c1ccc(OC(=O)O)cc1. The number of carbonyl (C=O) groups is 2. The first-order valence-corrected chi connectivity index (χ1v) is 9.35. The van der Waals surface area contributed by atoms with Crippen molar-refractivity contribution in [2.45, 2.75) is 25.9 Å². The van der Waals surface area contributed by atoms with Gasteiger partial charge in [-0.05, 0) is 41.0 Å². The summed E-state index contributed by atoms with van der Waals surface area (Å²) in [7, 11) is 0. The Morgan fingerprint density at radius 1 is 0.767 bits per heavy atom. The zero-order valence-electron chi connectivity index (χ0n) is 16.7. The van der Waals surface area contributed by atoms with E-state index in [1.165, 1.54) is 0 Å². The predicted octanol–water partition coefficient (Wildman–Crippen LogP) is 5.78. The van der Waals surface area contributed by atoms with Crippen LogP contribution >= 0.6 is 0 Å². The normalized spacial score (nSPS) is 10.9. The lowest BCUT2D eigenvalue weighted by atomic mass is 9.78. The van der Waals surface area contributed by atoms with Crippen molar-refractivity contribution in [3.05, 3.63) is 95.6 Å². The van der Waals surface area contributed by atoms with Gasteiger partial charge in [0.05, 0.1) is 0 Å². The lowest BCUT2D eigenvalue weighted by Gasteiger charge is -2.26. The molecule has 0 fully saturated rings. The first kappa shape index (κ1) is 20.9. The fourth-order valence-corrected chi connectivity index (χ4v) is 2.98. The molecule has 6 heteroatoms. The molecule has 3 aromatic carbocycles. The van der Waals surface area contributed by atoms with Gasteiger partial charge in [-0.1, -0.05) is 68.4 Å². The fourth-order valence-electron chi connectivity index (χ4n) is 2.98. The van der Waals surface area contributed by atoms with Crippen molar-refractivity contribution in [3.8, 4) is 11.5 Å². The molecule has 1 N–H and O–H groups in total. The molecule has 0 saturated heterocycles. The van der Waals surface area contributed by atoms with E-state index in [4.69, 9.17) is 14.6 Å². The number of para-hydroxylation sites is 1. The van der Waals surface area contributed by atoms with Crippen LogP contribution in [0.25, 0.3) is 0 Å². The van der Waals surface area contributed by atoms with E-state index < -0.39 is 12.3 Å². The Balaban J connectivity index is 1.61. The van der Waals surface area contributed by atoms with Crippen LogP contribution in [-0.2, 0) is 16.8 Å². The standard InChI is InChI=1S/C24H22O6/c1-24(2,19-12-14-21(15-13-19)29-22(25)26)18-10-8-17(9-11-18)16-28-23(27)30-20-6-4-3-5-7-20/h3-15H,16H2,1-2H3,(H,25,26). The second-order valence-electron chi connectivity index (χ2n) is 7.17. The molecule has 0 saturated carbocycles. The molecule has 0 aliphatic carbocycles. The van der Waals surface area contributed by atoms with Crippen LogP contribution in [0.1, 0.15) is 30.5 Å². The van der Waals surface area contributed by atoms with Gasteiger partial charge in [-0.25, -0.2) is 9.59 Å². The highest BCUT2D eigenvalue weighted by Gasteiger charge is 2.23. The number of hydrogen-bond donors (Lipinski definition) is 1. The molecule has 6 nitrogen and oxygen atoms in total. The van der Waals surface area contributed by atoms with Crippen molar-refractivity contribution in [2.24, 2.45) is 0 Å². The number of carbonyl (C=O) groups excluding carboxylic acids is 1. The number of benzene rings is 3. The minimum Gasteiger partial charge on any atom is -0.449 e. The van der Waals surface area contributed by atoms with Crippen LogP contribution in [-0.4, -0.2) is 17.4 Å². The molecule has 3 aromatic rings. The Labute approximate surface area is 174 Å². The molecule has 0 spiro atoms. The van der Waals surface area contributed by atoms with E-state index in [1.54, 1.807) is 36.4 Å². The zero-order valence-corrected chi connectivity index (χ0v) is 16.7. The van der Waals surface area contributed by atoms with Gasteiger partial charge in [0.1, 0.15) is 18.1 Å². The molecule has 0 atom stereocenters. The molecule has 0 aliphatic rings. The summed E-state index contributed by atoms with van der Waals surface area (Å²) in [6.45, 7) is 4.25. The molecule has 3 rings (SSSR count). The minimum absolute atomic E-state index is 0.105. The summed E-state index contributed by atoms with van der Waals surface area (Å²) in [5.74, 6) is 0.705. The smallest absolute Gasteiger partial charge is 0.449 e. The van der Waals surface area contributed by atoms with Gasteiger partial charge < -0.3 is 19.3 Å². The predicted molar refractivity (Wildman–Crippen MR) is 111 cm³/mol. The summed E-state index contributed by atoms with van der Waals surface area (Å²) in [5, 5.41) is 8.69. The van der Waals surface area contributed by atoms with Crippen LogP contribution in [0.5, 0.6) is 11.5 Å². The highest BCUT2D eigenvalue weighted by Crippen LogP contribution is 2.32. The fraction of sp³-hybridized carbons (Fsp3) is 0.167. The van der Waals surface area contributed by atoms with Gasteiger partial charge in [-0.15, -0.1) is 0 Å². The summed E-state index contributed by atoms with van der Waals surface area (Å²) >= 11 is 0. The average molecular weight is 406 g/mol. The first-order valence-electron chi connectivity index (χ1n) is 9.35. The molecule has 0 heterocycles. The van der Waals surface area contributed by atoms with Crippen molar-refractivity contribution < 1.29 is 28.9 Å². The first-order chi connectivity index (χ1) is 14.3. The second kappa shape index (κ2) is 9.13. The third-order valence-electron chi connectivity index (χ3n) is 4.76. The number of ether oxygens (including phenoxy) is 3. The van der Waals surface area contributed by atoms with Crippen LogP contribution in [0.2, 0.25) is 0 Å². The van der Waals surface area contributed by atoms with Crippen LogP contribution in [0.4, 0.5) is 9.59 Å². The lowest BCUT2D eigenvalue weighted by Crippen LogP contribution is -2.19. The van der Waals surface area contributed by atoms with Gasteiger partial charge >= 0.3 is 12.3 Å². The quantitative estimate of drug-likeness (QED) is 0.412. The van der Waals surface area contributed by atoms with Crippen molar-refractivity contribution >= 4 is 12.3 Å². The topological polar surface area (TPSA) is 82.1 Å². The van der Waals surface area contributed by atoms with Gasteiger partial charge in [0, 0.05) is 5.41 Å². The van der Waals surface area contributed by atoms with Crippen LogP contribution in [0.15, 0.2) is 78.9 Å². The maximum Gasteiger partial charge on any atom is 0.514 e. The summed E-state index contributed by atoms with van der Waals surface area (Å²) in [4.78, 5) is 22.4. The molecule has 30 heavy (non-hydrogen) atoms. The minimum atomic E-state index is -1.34. The zero-order chi connectivity index (χ0) is 21.6. The highest BCUT2D eigenvalue weighted by molar-refractivity contribution is 5.63. The van der Waals surface area contributed by atoms with Crippen molar-refractivity contribution in [2.75, 3.05) is 0 Å². The lowest BCUT2D eigenvalue weighted by molar-refractivity contribution is 0.0927. The molecule has 0 radical (unpaired) electrons.